The molecule has 0 saturated heterocycles. The lowest BCUT2D eigenvalue weighted by Crippen LogP contribution is -2.38. The summed E-state index contributed by atoms with van der Waals surface area (Å²) in [5.41, 5.74) is 5.58. The zero-order valence-corrected chi connectivity index (χ0v) is 14.5. The van der Waals surface area contributed by atoms with E-state index in [4.69, 9.17) is 0 Å². The largest absolute Gasteiger partial charge is 0.308 e. The van der Waals surface area contributed by atoms with E-state index in [0.717, 1.165) is 6.54 Å². The quantitative estimate of drug-likeness (QED) is 0.698. The van der Waals surface area contributed by atoms with Gasteiger partial charge < -0.3 is 5.32 Å². The number of hydrogen-bond donors (Lipinski definition) is 1. The third-order valence-electron chi connectivity index (χ3n) is 4.87. The van der Waals surface area contributed by atoms with E-state index in [-0.39, 0.29) is 5.54 Å². The molecule has 1 aliphatic carbocycles. The molecule has 0 aromatic heterocycles. The Kier molecular flexibility index (Phi) is 4.68. The average Bonchev–Trinajstić information content (AvgIpc) is 2.99. The molecule has 0 bridgehead atoms. The minimum Gasteiger partial charge on any atom is -0.308 e. The Hall–Kier alpha value is -1.86. The predicted molar refractivity (Wildman–Crippen MR) is 99.7 cm³/mol. The van der Waals surface area contributed by atoms with E-state index < -0.39 is 0 Å². The summed E-state index contributed by atoms with van der Waals surface area (Å²) in [6.07, 6.45) is 7.04. The molecular weight excluding hydrogens is 278 g/mol. The summed E-state index contributed by atoms with van der Waals surface area (Å²) in [5, 5.41) is 3.74. The first kappa shape index (κ1) is 16.0. The molecule has 0 radical (unpaired) electrons. The van der Waals surface area contributed by atoms with Crippen LogP contribution in [0.3, 0.4) is 0 Å². The van der Waals surface area contributed by atoms with Crippen molar-refractivity contribution >= 4 is 6.08 Å². The number of hydrogen-bond acceptors (Lipinski definition) is 1. The Morgan fingerprint density at radius 1 is 0.957 bits per heavy atom. The van der Waals surface area contributed by atoms with Crippen LogP contribution in [0.15, 0.2) is 54.6 Å². The van der Waals surface area contributed by atoms with Gasteiger partial charge >= 0.3 is 0 Å². The number of benzene rings is 2. The first-order chi connectivity index (χ1) is 11.1. The molecule has 0 saturated carbocycles. The summed E-state index contributed by atoms with van der Waals surface area (Å²) in [6, 6.07) is 17.6. The number of rotatable bonds is 6. The van der Waals surface area contributed by atoms with E-state index in [0.29, 0.717) is 5.92 Å². The van der Waals surface area contributed by atoms with E-state index in [9.17, 15) is 0 Å². The molecular formula is C22H27N. The van der Waals surface area contributed by atoms with Gasteiger partial charge in [-0.3, -0.25) is 0 Å². The summed E-state index contributed by atoms with van der Waals surface area (Å²) < 4.78 is 0. The maximum Gasteiger partial charge on any atom is 0.0380 e. The fourth-order valence-corrected chi connectivity index (χ4v) is 3.53. The summed E-state index contributed by atoms with van der Waals surface area (Å²) in [5.74, 6) is 0.370. The molecule has 1 nitrogen and oxygen atoms in total. The van der Waals surface area contributed by atoms with Gasteiger partial charge in [-0.1, -0.05) is 74.0 Å². The number of unbranched alkanes of at least 4 members (excludes halogenated alkanes) is 1. The highest BCUT2D eigenvalue weighted by Crippen LogP contribution is 2.39. The molecule has 1 aliphatic rings. The Morgan fingerprint density at radius 3 is 2.43 bits per heavy atom. The molecule has 2 aromatic carbocycles. The van der Waals surface area contributed by atoms with Crippen molar-refractivity contribution in [2.24, 2.45) is 0 Å². The molecule has 0 fully saturated rings. The molecule has 0 spiro atoms. The lowest BCUT2D eigenvalue weighted by Gasteiger charge is -2.31. The molecule has 0 heterocycles. The van der Waals surface area contributed by atoms with Gasteiger partial charge in [0.2, 0.25) is 0 Å². The molecule has 1 atom stereocenters. The molecule has 23 heavy (non-hydrogen) atoms. The Balaban J connectivity index is 1.95. The second-order valence-corrected chi connectivity index (χ2v) is 6.96. The molecule has 3 rings (SSSR count). The van der Waals surface area contributed by atoms with Crippen LogP contribution in [0.25, 0.3) is 6.08 Å². The van der Waals surface area contributed by atoms with Gasteiger partial charge in [0.25, 0.3) is 0 Å². The van der Waals surface area contributed by atoms with Crippen molar-refractivity contribution in [1.82, 2.24) is 5.32 Å². The van der Waals surface area contributed by atoms with Crippen LogP contribution >= 0.6 is 0 Å². The Labute approximate surface area is 140 Å². The van der Waals surface area contributed by atoms with Gasteiger partial charge in [-0.2, -0.15) is 0 Å². The molecule has 1 unspecified atom stereocenters. The van der Waals surface area contributed by atoms with E-state index >= 15 is 0 Å². The Bertz CT molecular complexity index is 697. The number of nitrogens with one attached hydrogen (secondary N) is 1. The summed E-state index contributed by atoms with van der Waals surface area (Å²) >= 11 is 0. The van der Waals surface area contributed by atoms with Crippen LogP contribution in [0, 0.1) is 0 Å². The van der Waals surface area contributed by atoms with E-state index in [1.165, 1.54) is 35.1 Å². The fraction of sp³-hybridized carbons (Fsp3) is 0.364. The van der Waals surface area contributed by atoms with Crippen LogP contribution in [-0.4, -0.2) is 6.54 Å². The van der Waals surface area contributed by atoms with Crippen molar-refractivity contribution < 1.29 is 0 Å². The molecule has 0 aliphatic heterocycles. The fourth-order valence-electron chi connectivity index (χ4n) is 3.53. The molecule has 0 amide bonds. The summed E-state index contributed by atoms with van der Waals surface area (Å²) in [4.78, 5) is 0. The summed E-state index contributed by atoms with van der Waals surface area (Å²) in [7, 11) is 0. The van der Waals surface area contributed by atoms with Crippen molar-refractivity contribution in [1.29, 1.82) is 0 Å². The van der Waals surface area contributed by atoms with Crippen LogP contribution in [0.4, 0.5) is 0 Å². The van der Waals surface area contributed by atoms with E-state index in [1.54, 1.807) is 0 Å². The molecule has 120 valence electrons. The van der Waals surface area contributed by atoms with Gasteiger partial charge in [0.05, 0.1) is 0 Å². The SMILES string of the molecule is CCCCNC(C)(C)c1ccccc1C1C=Cc2ccccc21. The highest BCUT2D eigenvalue weighted by molar-refractivity contribution is 5.66. The maximum atomic E-state index is 3.74. The number of allylic oxidation sites excluding steroid dienone is 1. The predicted octanol–water partition coefficient (Wildman–Crippen LogP) is 5.47. The highest BCUT2D eigenvalue weighted by Gasteiger charge is 2.27. The topological polar surface area (TPSA) is 12.0 Å². The van der Waals surface area contributed by atoms with Crippen molar-refractivity contribution in [2.45, 2.75) is 45.1 Å². The van der Waals surface area contributed by atoms with Gasteiger partial charge in [0.1, 0.15) is 0 Å². The monoisotopic (exact) mass is 305 g/mol. The molecule has 2 aromatic rings. The third-order valence-corrected chi connectivity index (χ3v) is 4.87. The lowest BCUT2D eigenvalue weighted by molar-refractivity contribution is 0.396. The molecule has 1 N–H and O–H groups in total. The van der Waals surface area contributed by atoms with Crippen LogP contribution in [-0.2, 0) is 5.54 Å². The van der Waals surface area contributed by atoms with E-state index in [1.807, 2.05) is 0 Å². The lowest BCUT2D eigenvalue weighted by atomic mass is 9.82. The van der Waals surface area contributed by atoms with Gasteiger partial charge in [-0.25, -0.2) is 0 Å². The zero-order valence-electron chi connectivity index (χ0n) is 14.5. The van der Waals surface area contributed by atoms with Gasteiger partial charge in [-0.15, -0.1) is 0 Å². The average molecular weight is 305 g/mol. The van der Waals surface area contributed by atoms with Crippen LogP contribution in [0.5, 0.6) is 0 Å². The Morgan fingerprint density at radius 2 is 1.65 bits per heavy atom. The van der Waals surface area contributed by atoms with E-state index in [2.05, 4.69) is 86.8 Å². The van der Waals surface area contributed by atoms with Crippen molar-refractivity contribution in [3.63, 3.8) is 0 Å². The van der Waals surface area contributed by atoms with Crippen molar-refractivity contribution in [3.8, 4) is 0 Å². The van der Waals surface area contributed by atoms with Crippen LogP contribution in [0.2, 0.25) is 0 Å². The van der Waals surface area contributed by atoms with Crippen LogP contribution in [0.1, 0.15) is 61.8 Å². The van der Waals surface area contributed by atoms with Crippen LogP contribution < -0.4 is 5.32 Å². The van der Waals surface area contributed by atoms with Gasteiger partial charge in [-0.05, 0) is 49.1 Å². The minimum atomic E-state index is -0.0167. The minimum absolute atomic E-state index is 0.0167. The zero-order chi connectivity index (χ0) is 16.3. The third kappa shape index (κ3) is 3.25. The molecule has 1 heteroatoms. The van der Waals surface area contributed by atoms with Crippen molar-refractivity contribution in [3.05, 3.63) is 76.9 Å². The first-order valence-corrected chi connectivity index (χ1v) is 8.75. The smallest absolute Gasteiger partial charge is 0.0380 e. The standard InChI is InChI=1S/C22H27N/c1-4-5-16-23-22(2,3)21-13-9-8-12-20(21)19-15-14-17-10-6-7-11-18(17)19/h6-15,19,23H,4-5,16H2,1-3H3. The normalized spacial score (nSPS) is 16.6. The second kappa shape index (κ2) is 6.72. The highest BCUT2D eigenvalue weighted by atomic mass is 14.9. The van der Waals surface area contributed by atoms with Gasteiger partial charge in [0.15, 0.2) is 0 Å². The van der Waals surface area contributed by atoms with Crippen molar-refractivity contribution in [2.75, 3.05) is 6.54 Å². The first-order valence-electron chi connectivity index (χ1n) is 8.75. The number of fused-ring (bicyclic) bond motifs is 1. The van der Waals surface area contributed by atoms with Gasteiger partial charge in [0, 0.05) is 11.5 Å². The summed E-state index contributed by atoms with van der Waals surface area (Å²) in [6.45, 7) is 7.90. The second-order valence-electron chi connectivity index (χ2n) is 6.96. The maximum absolute atomic E-state index is 3.74.